The molecule has 0 unspecified atom stereocenters. The molecule has 3 rings (SSSR count). The fourth-order valence-corrected chi connectivity index (χ4v) is 3.92. The average Bonchev–Trinajstić information content (AvgIpc) is 2.99. The Morgan fingerprint density at radius 3 is 2.38 bits per heavy atom. The van der Waals surface area contributed by atoms with Gasteiger partial charge in [-0.25, -0.2) is 9.97 Å². The van der Waals surface area contributed by atoms with Crippen LogP contribution in [0.1, 0.15) is 43.8 Å². The van der Waals surface area contributed by atoms with E-state index in [-0.39, 0.29) is 18.0 Å². The largest absolute Gasteiger partial charge is 0.451 e. The summed E-state index contributed by atoms with van der Waals surface area (Å²) >= 11 is 1.50. The van der Waals surface area contributed by atoms with Gasteiger partial charge in [-0.2, -0.15) is 0 Å². The highest BCUT2D eigenvalue weighted by molar-refractivity contribution is 7.98. The van der Waals surface area contributed by atoms with E-state index in [4.69, 9.17) is 4.42 Å². The predicted octanol–water partition coefficient (Wildman–Crippen LogP) is 4.77. The third-order valence-electron chi connectivity index (χ3n) is 4.13. The van der Waals surface area contributed by atoms with Gasteiger partial charge in [0, 0.05) is 41.2 Å². The second-order valence-corrected chi connectivity index (χ2v) is 7.57. The number of nitrogens with zero attached hydrogens (tertiary/aromatic N) is 3. The van der Waals surface area contributed by atoms with Crippen LogP contribution < -0.4 is 0 Å². The van der Waals surface area contributed by atoms with Gasteiger partial charge in [0.1, 0.15) is 5.58 Å². The van der Waals surface area contributed by atoms with Crippen molar-refractivity contribution in [1.82, 2.24) is 14.9 Å². The lowest BCUT2D eigenvalue weighted by atomic mass is 10.1. The van der Waals surface area contributed by atoms with Crippen LogP contribution in [0.5, 0.6) is 0 Å². The first-order chi connectivity index (χ1) is 12.5. The molecule has 0 spiro atoms. The van der Waals surface area contributed by atoms with E-state index in [1.807, 2.05) is 56.9 Å². The topological polar surface area (TPSA) is 59.2 Å². The van der Waals surface area contributed by atoms with Gasteiger partial charge in [0.05, 0.1) is 0 Å². The van der Waals surface area contributed by atoms with Crippen molar-refractivity contribution in [3.63, 3.8) is 0 Å². The monoisotopic (exact) mass is 369 g/mol. The van der Waals surface area contributed by atoms with Crippen LogP contribution in [0.4, 0.5) is 0 Å². The molecule has 0 aliphatic carbocycles. The Bertz CT molecular complexity index is 882. The minimum absolute atomic E-state index is 0.0734. The normalized spacial score (nSPS) is 11.5. The second-order valence-electron chi connectivity index (χ2n) is 6.63. The number of benzene rings is 1. The highest BCUT2D eigenvalue weighted by Crippen LogP contribution is 2.32. The van der Waals surface area contributed by atoms with Gasteiger partial charge < -0.3 is 9.32 Å². The fourth-order valence-electron chi connectivity index (χ4n) is 3.09. The Morgan fingerprint density at radius 2 is 1.73 bits per heavy atom. The van der Waals surface area contributed by atoms with Crippen LogP contribution in [0, 0.1) is 0 Å². The van der Waals surface area contributed by atoms with E-state index < -0.39 is 0 Å². The van der Waals surface area contributed by atoms with Crippen molar-refractivity contribution in [3.05, 3.63) is 54.0 Å². The lowest BCUT2D eigenvalue weighted by Gasteiger charge is -2.30. The summed E-state index contributed by atoms with van der Waals surface area (Å²) in [6.07, 6.45) is 3.43. The molecule has 26 heavy (non-hydrogen) atoms. The molecule has 136 valence electrons. The number of aromatic nitrogens is 2. The van der Waals surface area contributed by atoms with Gasteiger partial charge >= 0.3 is 0 Å². The van der Waals surface area contributed by atoms with Crippen LogP contribution in [0.25, 0.3) is 11.0 Å². The molecule has 5 nitrogen and oxygen atoms in total. The highest BCUT2D eigenvalue weighted by atomic mass is 32.2. The minimum atomic E-state index is -0.0734. The Hall–Kier alpha value is -2.34. The molecule has 0 fully saturated rings. The first-order valence-electron chi connectivity index (χ1n) is 8.72. The summed E-state index contributed by atoms with van der Waals surface area (Å²) in [6.45, 7) is 8.08. The van der Waals surface area contributed by atoms with Crippen LogP contribution >= 0.6 is 11.8 Å². The zero-order valence-corrected chi connectivity index (χ0v) is 16.3. The molecule has 0 saturated carbocycles. The molecule has 6 heteroatoms. The fraction of sp³-hybridized carbons (Fsp3) is 0.350. The van der Waals surface area contributed by atoms with Gasteiger partial charge in [-0.1, -0.05) is 30.0 Å². The van der Waals surface area contributed by atoms with Crippen molar-refractivity contribution in [2.45, 2.75) is 50.7 Å². The predicted molar refractivity (Wildman–Crippen MR) is 104 cm³/mol. The quantitative estimate of drug-likeness (QED) is 0.462. The van der Waals surface area contributed by atoms with E-state index in [1.165, 1.54) is 11.8 Å². The lowest BCUT2D eigenvalue weighted by molar-refractivity contribution is 0.0612. The van der Waals surface area contributed by atoms with Gasteiger partial charge in [-0.15, -0.1) is 0 Å². The summed E-state index contributed by atoms with van der Waals surface area (Å²) < 4.78 is 5.99. The maximum Gasteiger partial charge on any atom is 0.290 e. The molecule has 2 aromatic heterocycles. The minimum Gasteiger partial charge on any atom is -0.451 e. The summed E-state index contributed by atoms with van der Waals surface area (Å²) in [5.41, 5.74) is 1.63. The van der Waals surface area contributed by atoms with Crippen LogP contribution in [0.15, 0.2) is 52.3 Å². The molecular weight excluding hydrogens is 346 g/mol. The second kappa shape index (κ2) is 7.91. The van der Waals surface area contributed by atoms with E-state index in [0.717, 1.165) is 16.5 Å². The molecule has 0 atom stereocenters. The number of carbonyl (C=O) groups is 1. The molecular formula is C20H23N3O2S. The first kappa shape index (κ1) is 18.5. The number of fused-ring (bicyclic) bond motifs is 1. The Labute approximate surface area is 157 Å². The molecule has 0 N–H and O–H groups in total. The van der Waals surface area contributed by atoms with Crippen molar-refractivity contribution in [2.24, 2.45) is 0 Å². The van der Waals surface area contributed by atoms with E-state index in [1.54, 1.807) is 18.5 Å². The van der Waals surface area contributed by atoms with E-state index >= 15 is 0 Å². The maximum absolute atomic E-state index is 13.2. The van der Waals surface area contributed by atoms with Gasteiger partial charge in [-0.3, -0.25) is 4.79 Å². The third kappa shape index (κ3) is 3.75. The number of thioether (sulfide) groups is 1. The number of para-hydroxylation sites is 1. The molecule has 0 radical (unpaired) electrons. The Kier molecular flexibility index (Phi) is 5.61. The number of hydrogen-bond donors (Lipinski definition) is 0. The van der Waals surface area contributed by atoms with Crippen molar-refractivity contribution in [1.29, 1.82) is 0 Å². The zero-order valence-electron chi connectivity index (χ0n) is 15.5. The Morgan fingerprint density at radius 1 is 1.08 bits per heavy atom. The van der Waals surface area contributed by atoms with Crippen molar-refractivity contribution in [2.75, 3.05) is 0 Å². The molecule has 1 amide bonds. The number of carbonyl (C=O) groups excluding carboxylic acids is 1. The van der Waals surface area contributed by atoms with Crippen molar-refractivity contribution in [3.8, 4) is 0 Å². The summed E-state index contributed by atoms with van der Waals surface area (Å²) in [7, 11) is 0. The zero-order chi connectivity index (χ0) is 18.7. The van der Waals surface area contributed by atoms with Crippen LogP contribution in [-0.2, 0) is 5.75 Å². The molecule has 0 aliphatic rings. The summed E-state index contributed by atoms with van der Waals surface area (Å²) in [5, 5.41) is 1.65. The van der Waals surface area contributed by atoms with Gasteiger partial charge in [-0.05, 0) is 39.8 Å². The third-order valence-corrected chi connectivity index (χ3v) is 5.03. The highest BCUT2D eigenvalue weighted by Gasteiger charge is 2.28. The molecule has 0 bridgehead atoms. The molecule has 0 saturated heterocycles. The van der Waals surface area contributed by atoms with E-state index in [0.29, 0.717) is 16.7 Å². The lowest BCUT2D eigenvalue weighted by Crippen LogP contribution is -2.42. The average molecular weight is 369 g/mol. The molecule has 2 heterocycles. The van der Waals surface area contributed by atoms with Crippen LogP contribution in [-0.4, -0.2) is 32.9 Å². The van der Waals surface area contributed by atoms with E-state index in [2.05, 4.69) is 9.97 Å². The number of rotatable bonds is 6. The first-order valence-corrected chi connectivity index (χ1v) is 9.70. The SMILES string of the molecule is CC(C)N(C(=O)c1oc2ccccc2c1CSc1ncccn1)C(C)C. The van der Waals surface area contributed by atoms with Crippen molar-refractivity contribution < 1.29 is 9.21 Å². The number of furan rings is 1. The van der Waals surface area contributed by atoms with E-state index in [9.17, 15) is 4.79 Å². The van der Waals surface area contributed by atoms with Gasteiger partial charge in [0.2, 0.25) is 0 Å². The van der Waals surface area contributed by atoms with Gasteiger partial charge in [0.15, 0.2) is 10.9 Å². The maximum atomic E-state index is 13.2. The summed E-state index contributed by atoms with van der Waals surface area (Å²) in [4.78, 5) is 23.6. The van der Waals surface area contributed by atoms with Crippen LogP contribution in [0.3, 0.4) is 0 Å². The molecule has 1 aromatic carbocycles. The van der Waals surface area contributed by atoms with Gasteiger partial charge in [0.25, 0.3) is 5.91 Å². The summed E-state index contributed by atoms with van der Waals surface area (Å²) in [6, 6.07) is 9.74. The number of amides is 1. The standard InChI is InChI=1S/C20H23N3O2S/c1-13(2)23(14(3)4)19(24)18-16(12-26-20-21-10-7-11-22-20)15-8-5-6-9-17(15)25-18/h5-11,13-14H,12H2,1-4H3. The summed E-state index contributed by atoms with van der Waals surface area (Å²) in [5.74, 6) is 0.916. The number of hydrogen-bond acceptors (Lipinski definition) is 5. The molecule has 0 aliphatic heterocycles. The smallest absolute Gasteiger partial charge is 0.290 e. The van der Waals surface area contributed by atoms with Crippen molar-refractivity contribution >= 4 is 28.6 Å². The van der Waals surface area contributed by atoms with Crippen LogP contribution in [0.2, 0.25) is 0 Å². The Balaban J connectivity index is 2.00. The molecule has 3 aromatic rings.